The van der Waals surface area contributed by atoms with Crippen LogP contribution in [0.3, 0.4) is 0 Å². The van der Waals surface area contributed by atoms with Crippen molar-refractivity contribution in [3.63, 3.8) is 0 Å². The van der Waals surface area contributed by atoms with Crippen LogP contribution >= 0.6 is 0 Å². The van der Waals surface area contributed by atoms with Crippen molar-refractivity contribution < 1.29 is 0 Å². The van der Waals surface area contributed by atoms with Crippen LogP contribution < -0.4 is 11.1 Å². The number of benzene rings is 1. The zero-order valence-electron chi connectivity index (χ0n) is 10.7. The standard InChI is InChI=1S/C14H23N3/c1-17-7-5-12(6-8-17)10-16-11-13-3-2-4-14(15)9-13/h2-4,9,12,16H,5-8,10-11,15H2,1H3. The SMILES string of the molecule is CN1CCC(CNCc2cccc(N)c2)CC1. The zero-order chi connectivity index (χ0) is 12.1. The molecule has 0 atom stereocenters. The number of likely N-dealkylation sites (tertiary alicyclic amines) is 1. The maximum atomic E-state index is 5.76. The van der Waals surface area contributed by atoms with Gasteiger partial charge in [-0.15, -0.1) is 0 Å². The van der Waals surface area contributed by atoms with E-state index in [0.717, 1.165) is 24.7 Å². The Balaban J connectivity index is 1.69. The molecule has 94 valence electrons. The van der Waals surface area contributed by atoms with Gasteiger partial charge in [0.2, 0.25) is 0 Å². The lowest BCUT2D eigenvalue weighted by Gasteiger charge is -2.29. The second kappa shape index (κ2) is 6.03. The van der Waals surface area contributed by atoms with E-state index in [2.05, 4.69) is 23.3 Å². The van der Waals surface area contributed by atoms with Gasteiger partial charge in [0.1, 0.15) is 0 Å². The molecule has 3 heteroatoms. The van der Waals surface area contributed by atoms with Gasteiger partial charge in [0.25, 0.3) is 0 Å². The molecule has 1 aliphatic heterocycles. The quantitative estimate of drug-likeness (QED) is 0.778. The highest BCUT2D eigenvalue weighted by Crippen LogP contribution is 2.15. The molecule has 0 spiro atoms. The van der Waals surface area contributed by atoms with Crippen LogP contribution in [-0.2, 0) is 6.54 Å². The van der Waals surface area contributed by atoms with Crippen LogP contribution in [-0.4, -0.2) is 31.6 Å². The Kier molecular flexibility index (Phi) is 4.40. The van der Waals surface area contributed by atoms with Crippen molar-refractivity contribution in [3.05, 3.63) is 29.8 Å². The van der Waals surface area contributed by atoms with Gasteiger partial charge < -0.3 is 16.0 Å². The first-order valence-corrected chi connectivity index (χ1v) is 6.48. The molecule has 1 heterocycles. The fraction of sp³-hybridized carbons (Fsp3) is 0.571. The van der Waals surface area contributed by atoms with Crippen molar-refractivity contribution in [2.45, 2.75) is 19.4 Å². The number of anilines is 1. The molecule has 1 aromatic carbocycles. The van der Waals surface area contributed by atoms with Gasteiger partial charge in [0.15, 0.2) is 0 Å². The molecular formula is C14H23N3. The third kappa shape index (κ3) is 4.02. The van der Waals surface area contributed by atoms with Crippen molar-refractivity contribution in [3.8, 4) is 0 Å². The van der Waals surface area contributed by atoms with Gasteiger partial charge in [0, 0.05) is 12.2 Å². The van der Waals surface area contributed by atoms with Crippen molar-refractivity contribution in [2.75, 3.05) is 32.4 Å². The lowest BCUT2D eigenvalue weighted by Crippen LogP contribution is -2.34. The van der Waals surface area contributed by atoms with Gasteiger partial charge in [-0.3, -0.25) is 0 Å². The van der Waals surface area contributed by atoms with E-state index in [9.17, 15) is 0 Å². The zero-order valence-corrected chi connectivity index (χ0v) is 10.7. The molecule has 0 bridgehead atoms. The smallest absolute Gasteiger partial charge is 0.0317 e. The number of nitrogens with one attached hydrogen (secondary N) is 1. The minimum Gasteiger partial charge on any atom is -0.399 e. The minimum atomic E-state index is 0.840. The van der Waals surface area contributed by atoms with Crippen molar-refractivity contribution >= 4 is 5.69 Å². The number of hydrogen-bond acceptors (Lipinski definition) is 3. The Labute approximate surface area is 104 Å². The van der Waals surface area contributed by atoms with E-state index in [1.165, 1.54) is 31.5 Å². The van der Waals surface area contributed by atoms with E-state index >= 15 is 0 Å². The summed E-state index contributed by atoms with van der Waals surface area (Å²) >= 11 is 0. The summed E-state index contributed by atoms with van der Waals surface area (Å²) in [7, 11) is 2.20. The lowest BCUT2D eigenvalue weighted by atomic mass is 9.97. The molecule has 0 radical (unpaired) electrons. The van der Waals surface area contributed by atoms with Crippen LogP contribution in [0.2, 0.25) is 0 Å². The van der Waals surface area contributed by atoms with Crippen molar-refractivity contribution in [1.82, 2.24) is 10.2 Å². The first-order chi connectivity index (χ1) is 8.24. The molecule has 0 saturated carbocycles. The predicted molar refractivity (Wildman–Crippen MR) is 72.8 cm³/mol. The number of nitrogen functional groups attached to an aromatic ring is 1. The van der Waals surface area contributed by atoms with Gasteiger partial charge in [-0.1, -0.05) is 12.1 Å². The molecule has 3 N–H and O–H groups in total. The second-order valence-corrected chi connectivity index (χ2v) is 5.12. The van der Waals surface area contributed by atoms with Crippen LogP contribution in [0.1, 0.15) is 18.4 Å². The van der Waals surface area contributed by atoms with Crippen LogP contribution in [0, 0.1) is 5.92 Å². The topological polar surface area (TPSA) is 41.3 Å². The molecule has 0 amide bonds. The summed E-state index contributed by atoms with van der Waals surface area (Å²) in [5.74, 6) is 0.840. The summed E-state index contributed by atoms with van der Waals surface area (Å²) in [5.41, 5.74) is 7.88. The number of piperidine rings is 1. The minimum absolute atomic E-state index is 0.840. The van der Waals surface area contributed by atoms with Gasteiger partial charge in [-0.05, 0) is 63.1 Å². The fourth-order valence-electron chi connectivity index (χ4n) is 2.39. The van der Waals surface area contributed by atoms with Gasteiger partial charge in [0.05, 0.1) is 0 Å². The highest BCUT2D eigenvalue weighted by molar-refractivity contribution is 5.40. The summed E-state index contributed by atoms with van der Waals surface area (Å²) in [6, 6.07) is 8.11. The molecule has 1 aromatic rings. The number of rotatable bonds is 4. The summed E-state index contributed by atoms with van der Waals surface area (Å²) in [5, 5.41) is 3.54. The van der Waals surface area contributed by atoms with E-state index in [1.807, 2.05) is 18.2 Å². The van der Waals surface area contributed by atoms with Crippen molar-refractivity contribution in [1.29, 1.82) is 0 Å². The highest BCUT2D eigenvalue weighted by atomic mass is 15.1. The monoisotopic (exact) mass is 233 g/mol. The average Bonchev–Trinajstić information content (AvgIpc) is 2.32. The predicted octanol–water partition coefficient (Wildman–Crippen LogP) is 1.70. The maximum Gasteiger partial charge on any atom is 0.0317 e. The third-order valence-electron chi connectivity index (χ3n) is 3.55. The molecule has 1 aliphatic rings. The Hall–Kier alpha value is -1.06. The summed E-state index contributed by atoms with van der Waals surface area (Å²) < 4.78 is 0. The first kappa shape index (κ1) is 12.4. The highest BCUT2D eigenvalue weighted by Gasteiger charge is 2.15. The Morgan fingerprint density at radius 3 is 2.82 bits per heavy atom. The van der Waals surface area contributed by atoms with Gasteiger partial charge in [-0.25, -0.2) is 0 Å². The largest absolute Gasteiger partial charge is 0.399 e. The molecule has 2 rings (SSSR count). The molecule has 0 aromatic heterocycles. The summed E-state index contributed by atoms with van der Waals surface area (Å²) in [6.45, 7) is 4.54. The van der Waals surface area contributed by atoms with E-state index in [-0.39, 0.29) is 0 Å². The molecule has 1 fully saturated rings. The van der Waals surface area contributed by atoms with Gasteiger partial charge in [-0.2, -0.15) is 0 Å². The van der Waals surface area contributed by atoms with Crippen LogP contribution in [0.25, 0.3) is 0 Å². The van der Waals surface area contributed by atoms with Crippen molar-refractivity contribution in [2.24, 2.45) is 5.92 Å². The van der Waals surface area contributed by atoms with Crippen LogP contribution in [0.15, 0.2) is 24.3 Å². The van der Waals surface area contributed by atoms with E-state index < -0.39 is 0 Å². The second-order valence-electron chi connectivity index (χ2n) is 5.12. The molecule has 0 unspecified atom stereocenters. The first-order valence-electron chi connectivity index (χ1n) is 6.48. The molecular weight excluding hydrogens is 210 g/mol. The van der Waals surface area contributed by atoms with Crippen LogP contribution in [0.4, 0.5) is 5.69 Å². The van der Waals surface area contributed by atoms with E-state index in [1.54, 1.807) is 0 Å². The molecule has 17 heavy (non-hydrogen) atoms. The average molecular weight is 233 g/mol. The third-order valence-corrected chi connectivity index (χ3v) is 3.55. The number of nitrogens with two attached hydrogens (primary N) is 1. The van der Waals surface area contributed by atoms with E-state index in [0.29, 0.717) is 0 Å². The van der Waals surface area contributed by atoms with E-state index in [4.69, 9.17) is 5.73 Å². The molecule has 0 aliphatic carbocycles. The number of nitrogens with zero attached hydrogens (tertiary/aromatic N) is 1. The Morgan fingerprint density at radius 2 is 2.12 bits per heavy atom. The lowest BCUT2D eigenvalue weighted by molar-refractivity contribution is 0.216. The Morgan fingerprint density at radius 1 is 1.35 bits per heavy atom. The number of hydrogen-bond donors (Lipinski definition) is 2. The molecule has 3 nitrogen and oxygen atoms in total. The molecule has 1 saturated heterocycles. The Bertz CT molecular complexity index is 343. The van der Waals surface area contributed by atoms with Crippen LogP contribution in [0.5, 0.6) is 0 Å². The van der Waals surface area contributed by atoms with Gasteiger partial charge >= 0.3 is 0 Å². The maximum absolute atomic E-state index is 5.76. The summed E-state index contributed by atoms with van der Waals surface area (Å²) in [6.07, 6.45) is 2.64. The summed E-state index contributed by atoms with van der Waals surface area (Å²) in [4.78, 5) is 2.41. The fourth-order valence-corrected chi connectivity index (χ4v) is 2.39. The normalized spacial score (nSPS) is 18.4.